The fraction of sp³-hybridized carbons (Fsp3) is 0.250. The molecular weight excluding hydrogens is 216 g/mol. The van der Waals surface area contributed by atoms with Gasteiger partial charge in [-0.05, 0) is 4.20 Å². The molecule has 0 atom stereocenters. The van der Waals surface area contributed by atoms with E-state index in [1.165, 1.54) is 9.13 Å². The number of aromatic nitrogens is 2. The molecule has 0 saturated carbocycles. The molecule has 14 heavy (non-hydrogen) atoms. The summed E-state index contributed by atoms with van der Waals surface area (Å²) < 4.78 is 3.31. The zero-order valence-corrected chi connectivity index (χ0v) is 9.24. The lowest BCUT2D eigenvalue weighted by Gasteiger charge is -2.00. The molecule has 0 aliphatic rings. The van der Waals surface area contributed by atoms with Crippen LogP contribution in [0, 0.1) is 22.7 Å². The van der Waals surface area contributed by atoms with E-state index in [1.807, 2.05) is 12.1 Å². The van der Waals surface area contributed by atoms with Crippen LogP contribution in [0.25, 0.3) is 0 Å². The van der Waals surface area contributed by atoms with E-state index in [9.17, 15) is 0 Å². The van der Waals surface area contributed by atoms with Gasteiger partial charge >= 0.3 is 0 Å². The lowest BCUT2D eigenvalue weighted by atomic mass is 10.3. The second-order valence-corrected chi connectivity index (χ2v) is 3.72. The summed E-state index contributed by atoms with van der Waals surface area (Å²) in [5.74, 6) is 0.531. The van der Waals surface area contributed by atoms with Crippen molar-refractivity contribution in [2.24, 2.45) is 14.1 Å². The number of nitrogens with zero attached hydrogens (tertiary/aromatic N) is 4. The van der Waals surface area contributed by atoms with Gasteiger partial charge in [-0.15, -0.1) is 0 Å². The van der Waals surface area contributed by atoms with Crippen molar-refractivity contribution in [1.29, 1.82) is 10.5 Å². The number of rotatable bonds is 1. The van der Waals surface area contributed by atoms with Crippen LogP contribution in [-0.4, -0.2) is 8.76 Å². The number of hydrogen-bond donors (Lipinski definition) is 0. The Labute approximate surface area is 92.4 Å². The smallest absolute Gasteiger partial charge is 0.270 e. The molecular formula is C8H6N4S2. The summed E-state index contributed by atoms with van der Waals surface area (Å²) in [4.78, 5) is 0. The summed E-state index contributed by atoms with van der Waals surface area (Å²) in [6.07, 6.45) is 0. The van der Waals surface area contributed by atoms with Gasteiger partial charge in [-0.2, -0.15) is 10.5 Å². The van der Waals surface area contributed by atoms with E-state index < -0.39 is 0 Å². The molecule has 0 aromatic carbocycles. The van der Waals surface area contributed by atoms with Crippen molar-refractivity contribution in [2.75, 3.05) is 0 Å². The van der Waals surface area contributed by atoms with E-state index in [-0.39, 0.29) is 15.6 Å². The molecule has 0 N–H and O–H groups in total. The Kier molecular flexibility index (Phi) is 2.80. The van der Waals surface area contributed by atoms with Crippen LogP contribution in [0.4, 0.5) is 0 Å². The first kappa shape index (κ1) is 10.6. The number of thiocarbonyl (C=S) groups is 1. The summed E-state index contributed by atoms with van der Waals surface area (Å²) in [6, 6.07) is 3.89. The highest BCUT2D eigenvalue weighted by atomic mass is 32.1. The fourth-order valence-corrected chi connectivity index (χ4v) is 1.83. The summed E-state index contributed by atoms with van der Waals surface area (Å²) in [5, 5.41) is 17.7. The van der Waals surface area contributed by atoms with E-state index in [0.717, 1.165) is 0 Å². The van der Waals surface area contributed by atoms with Crippen molar-refractivity contribution >= 4 is 29.0 Å². The minimum absolute atomic E-state index is 0.244. The van der Waals surface area contributed by atoms with Gasteiger partial charge in [-0.3, -0.25) is 0 Å². The van der Waals surface area contributed by atoms with Crippen LogP contribution in [-0.2, 0) is 26.7 Å². The Hall–Kier alpha value is -1.50. The summed E-state index contributed by atoms with van der Waals surface area (Å²) in [6.45, 7) is 0. The van der Waals surface area contributed by atoms with Gasteiger partial charge in [-0.25, -0.2) is 9.13 Å². The first-order chi connectivity index (χ1) is 6.54. The highest BCUT2D eigenvalue weighted by Gasteiger charge is 2.25. The average Bonchev–Trinajstić information content (AvgIpc) is 2.36. The van der Waals surface area contributed by atoms with Crippen LogP contribution in [0.2, 0.25) is 0 Å². The van der Waals surface area contributed by atoms with Crippen molar-refractivity contribution < 1.29 is 4.57 Å². The van der Waals surface area contributed by atoms with E-state index in [2.05, 4.69) is 0 Å². The molecule has 0 aliphatic heterocycles. The molecule has 0 bridgehead atoms. The third kappa shape index (κ3) is 1.35. The van der Waals surface area contributed by atoms with E-state index >= 15 is 0 Å². The quantitative estimate of drug-likeness (QED) is 0.375. The topological polar surface area (TPSA) is 56.4 Å². The molecule has 1 aromatic heterocycles. The van der Waals surface area contributed by atoms with Gasteiger partial charge in [0.2, 0.25) is 0 Å². The Morgan fingerprint density at radius 3 is 2.36 bits per heavy atom. The van der Waals surface area contributed by atoms with Crippen molar-refractivity contribution in [3.63, 3.8) is 0 Å². The highest BCUT2D eigenvalue weighted by molar-refractivity contribution is 8.01. The number of nitriles is 2. The van der Waals surface area contributed by atoms with Gasteiger partial charge in [0.25, 0.3) is 17.2 Å². The lowest BCUT2D eigenvalue weighted by molar-refractivity contribution is -0.674. The monoisotopic (exact) mass is 222 g/mol. The molecule has 0 saturated heterocycles. The fourth-order valence-electron chi connectivity index (χ4n) is 1.28. The lowest BCUT2D eigenvalue weighted by Crippen LogP contribution is -2.37. The molecule has 1 aromatic rings. The van der Waals surface area contributed by atoms with Crippen LogP contribution < -0.4 is 4.57 Å². The zero-order valence-electron chi connectivity index (χ0n) is 7.61. The Bertz CT molecular complexity index is 449. The molecule has 0 fully saturated rings. The first-order valence-corrected chi connectivity index (χ1v) is 4.46. The number of hydrogen-bond acceptors (Lipinski definition) is 4. The Balaban J connectivity index is 3.68. The van der Waals surface area contributed by atoms with Crippen molar-refractivity contribution in [1.82, 2.24) is 4.57 Å². The molecule has 4 nitrogen and oxygen atoms in total. The van der Waals surface area contributed by atoms with Crippen molar-refractivity contribution in [3.05, 3.63) is 17.2 Å². The highest BCUT2D eigenvalue weighted by Crippen LogP contribution is 2.06. The zero-order chi connectivity index (χ0) is 10.9. The predicted molar refractivity (Wildman–Crippen MR) is 55.1 cm³/mol. The van der Waals surface area contributed by atoms with Gasteiger partial charge in [0, 0.05) is 0 Å². The first-order valence-electron chi connectivity index (χ1n) is 3.64. The van der Waals surface area contributed by atoms with Crippen LogP contribution in [0.3, 0.4) is 0 Å². The second-order valence-electron chi connectivity index (χ2n) is 2.65. The van der Waals surface area contributed by atoms with Crippen molar-refractivity contribution in [3.8, 4) is 12.1 Å². The average molecular weight is 222 g/mol. The van der Waals surface area contributed by atoms with Crippen LogP contribution in [0.1, 0.15) is 17.2 Å². The standard InChI is InChI=1S/C8H6N4S2/c1-11-5(3-9)6(4-10)12(2)7(11)8(13)14/h1-2H3. The van der Waals surface area contributed by atoms with Gasteiger partial charge in [0.1, 0.15) is 12.1 Å². The molecule has 0 spiro atoms. The Morgan fingerprint density at radius 1 is 1.50 bits per heavy atom. The largest absolute Gasteiger partial charge is 0.421 e. The van der Waals surface area contributed by atoms with Crippen LogP contribution in [0.5, 0.6) is 0 Å². The third-order valence-electron chi connectivity index (χ3n) is 1.92. The molecule has 0 amide bonds. The molecule has 1 rings (SSSR count). The van der Waals surface area contributed by atoms with E-state index in [0.29, 0.717) is 5.82 Å². The third-order valence-corrected chi connectivity index (χ3v) is 2.29. The van der Waals surface area contributed by atoms with E-state index in [1.54, 1.807) is 14.1 Å². The summed E-state index contributed by atoms with van der Waals surface area (Å²) in [5.41, 5.74) is 0.550. The molecule has 6 heteroatoms. The summed E-state index contributed by atoms with van der Waals surface area (Å²) >= 11 is 9.72. The van der Waals surface area contributed by atoms with Gasteiger partial charge < -0.3 is 24.8 Å². The number of imidazole rings is 1. The second kappa shape index (κ2) is 3.70. The predicted octanol–water partition coefficient (Wildman–Crippen LogP) is -0.185. The van der Waals surface area contributed by atoms with Gasteiger partial charge in [0.05, 0.1) is 14.1 Å². The SMILES string of the molecule is Cn1c(C#N)c(C#N)[n+](C)c1C(=S)[S-]. The van der Waals surface area contributed by atoms with Crippen LogP contribution >= 0.6 is 12.2 Å². The normalized spacial score (nSPS) is 9.14. The van der Waals surface area contributed by atoms with Gasteiger partial charge in [-0.1, -0.05) is 0 Å². The maximum atomic E-state index is 8.84. The molecule has 1 heterocycles. The Morgan fingerprint density at radius 2 is 2.07 bits per heavy atom. The van der Waals surface area contributed by atoms with Crippen molar-refractivity contribution in [2.45, 2.75) is 0 Å². The molecule has 0 unspecified atom stereocenters. The van der Waals surface area contributed by atoms with E-state index in [4.69, 9.17) is 35.4 Å². The maximum Gasteiger partial charge on any atom is 0.270 e. The summed E-state index contributed by atoms with van der Waals surface area (Å²) in [7, 11) is 3.32. The molecule has 0 aliphatic carbocycles. The molecule has 70 valence electrons. The van der Waals surface area contributed by atoms with Gasteiger partial charge in [0.15, 0.2) is 0 Å². The minimum Gasteiger partial charge on any atom is -0.421 e. The van der Waals surface area contributed by atoms with Crippen LogP contribution in [0.15, 0.2) is 0 Å². The maximum absolute atomic E-state index is 8.84. The molecule has 0 radical (unpaired) electrons. The minimum atomic E-state index is 0.244.